The van der Waals surface area contributed by atoms with Gasteiger partial charge in [-0.05, 0) is 24.3 Å². The Hall–Kier alpha value is -1.81. The van der Waals surface area contributed by atoms with Crippen molar-refractivity contribution in [1.29, 1.82) is 0 Å². The van der Waals surface area contributed by atoms with E-state index in [2.05, 4.69) is 25.9 Å². The Balaban J connectivity index is 2.18. The highest BCUT2D eigenvalue weighted by Crippen LogP contribution is 2.24. The minimum absolute atomic E-state index is 0.696. The molecule has 1 heterocycles. The van der Waals surface area contributed by atoms with Crippen LogP contribution in [0, 0.1) is 0 Å². The van der Waals surface area contributed by atoms with E-state index in [1.807, 2.05) is 42.5 Å². The van der Waals surface area contributed by atoms with Crippen LogP contribution in [0.3, 0.4) is 0 Å². The van der Waals surface area contributed by atoms with Gasteiger partial charge in [-0.3, -0.25) is 0 Å². The number of aromatic amines is 1. The Morgan fingerprint density at radius 1 is 1.06 bits per heavy atom. The number of para-hydroxylation sites is 1. The highest BCUT2D eigenvalue weighted by atomic mass is 79.9. The zero-order chi connectivity index (χ0) is 11.8. The molecule has 3 N–H and O–H groups in total. The summed E-state index contributed by atoms with van der Waals surface area (Å²) in [7, 11) is 0. The van der Waals surface area contributed by atoms with Gasteiger partial charge in [-0.1, -0.05) is 34.1 Å². The maximum Gasteiger partial charge on any atom is 0.138 e. The molecule has 3 rings (SSSR count). The van der Waals surface area contributed by atoms with Crippen molar-refractivity contribution in [2.75, 3.05) is 5.73 Å². The number of anilines is 1. The number of hydrogen-bond acceptors (Lipinski definition) is 2. The first kappa shape index (κ1) is 10.4. The van der Waals surface area contributed by atoms with Crippen molar-refractivity contribution in [3.63, 3.8) is 0 Å². The van der Waals surface area contributed by atoms with Gasteiger partial charge in [0, 0.05) is 10.0 Å². The second kappa shape index (κ2) is 3.89. The van der Waals surface area contributed by atoms with Crippen LogP contribution < -0.4 is 5.73 Å². The predicted molar refractivity (Wildman–Crippen MR) is 73.6 cm³/mol. The molecule has 0 amide bonds. The molecule has 84 valence electrons. The Kier molecular flexibility index (Phi) is 2.37. The summed E-state index contributed by atoms with van der Waals surface area (Å²) in [6, 6.07) is 13.8. The van der Waals surface area contributed by atoms with Gasteiger partial charge >= 0.3 is 0 Å². The maximum absolute atomic E-state index is 5.88. The lowest BCUT2D eigenvalue weighted by atomic mass is 10.2. The van der Waals surface area contributed by atoms with Gasteiger partial charge in [0.1, 0.15) is 11.3 Å². The predicted octanol–water partition coefficient (Wildman–Crippen LogP) is 3.57. The van der Waals surface area contributed by atoms with Gasteiger partial charge in [0.15, 0.2) is 0 Å². The molecule has 1 aromatic heterocycles. The third kappa shape index (κ3) is 1.80. The van der Waals surface area contributed by atoms with E-state index in [1.165, 1.54) is 0 Å². The van der Waals surface area contributed by atoms with Gasteiger partial charge in [0.25, 0.3) is 0 Å². The Labute approximate surface area is 107 Å². The van der Waals surface area contributed by atoms with E-state index >= 15 is 0 Å². The van der Waals surface area contributed by atoms with Gasteiger partial charge in [-0.25, -0.2) is 4.98 Å². The molecule has 0 saturated heterocycles. The van der Waals surface area contributed by atoms with Crippen molar-refractivity contribution >= 4 is 32.7 Å². The van der Waals surface area contributed by atoms with Crippen LogP contribution in [0.5, 0.6) is 0 Å². The van der Waals surface area contributed by atoms with Crippen molar-refractivity contribution in [2.24, 2.45) is 0 Å². The number of nitrogens with zero attached hydrogens (tertiary/aromatic N) is 1. The van der Waals surface area contributed by atoms with E-state index in [0.29, 0.717) is 5.69 Å². The molecule has 0 aliphatic carbocycles. The largest absolute Gasteiger partial charge is 0.397 e. The first-order valence-electron chi connectivity index (χ1n) is 5.24. The van der Waals surface area contributed by atoms with Crippen molar-refractivity contribution in [3.05, 3.63) is 46.9 Å². The molecular weight excluding hydrogens is 278 g/mol. The average Bonchev–Trinajstić information content (AvgIpc) is 2.75. The molecule has 3 nitrogen and oxygen atoms in total. The summed E-state index contributed by atoms with van der Waals surface area (Å²) >= 11 is 3.41. The van der Waals surface area contributed by atoms with Crippen LogP contribution in [0.15, 0.2) is 46.9 Å². The number of fused-ring (bicyclic) bond motifs is 1. The Morgan fingerprint density at radius 3 is 2.53 bits per heavy atom. The highest BCUT2D eigenvalue weighted by molar-refractivity contribution is 9.10. The van der Waals surface area contributed by atoms with E-state index < -0.39 is 0 Å². The van der Waals surface area contributed by atoms with Gasteiger partial charge in [-0.2, -0.15) is 0 Å². The summed E-state index contributed by atoms with van der Waals surface area (Å²) in [6.45, 7) is 0. The molecule has 0 aliphatic rings. The van der Waals surface area contributed by atoms with Crippen molar-refractivity contribution < 1.29 is 0 Å². The molecule has 4 heteroatoms. The van der Waals surface area contributed by atoms with E-state index in [0.717, 1.165) is 26.9 Å². The molecule has 0 saturated carbocycles. The highest BCUT2D eigenvalue weighted by Gasteiger charge is 2.06. The fourth-order valence-electron chi connectivity index (χ4n) is 1.80. The topological polar surface area (TPSA) is 54.7 Å². The average molecular weight is 288 g/mol. The molecule has 0 unspecified atom stereocenters. The number of H-pyrrole nitrogens is 1. The summed E-state index contributed by atoms with van der Waals surface area (Å²) in [5.74, 6) is 0.838. The van der Waals surface area contributed by atoms with Crippen LogP contribution >= 0.6 is 15.9 Å². The van der Waals surface area contributed by atoms with Gasteiger partial charge in [-0.15, -0.1) is 0 Å². The van der Waals surface area contributed by atoms with Crippen LogP contribution in [-0.2, 0) is 0 Å². The van der Waals surface area contributed by atoms with Gasteiger partial charge in [0.2, 0.25) is 0 Å². The summed E-state index contributed by atoms with van der Waals surface area (Å²) in [4.78, 5) is 7.78. The van der Waals surface area contributed by atoms with E-state index in [9.17, 15) is 0 Å². The normalized spacial score (nSPS) is 10.9. The van der Waals surface area contributed by atoms with E-state index in [4.69, 9.17) is 5.73 Å². The Morgan fingerprint density at radius 2 is 1.82 bits per heavy atom. The zero-order valence-electron chi connectivity index (χ0n) is 8.94. The molecule has 0 spiro atoms. The zero-order valence-corrected chi connectivity index (χ0v) is 10.5. The number of imidazole rings is 1. The summed E-state index contributed by atoms with van der Waals surface area (Å²) < 4.78 is 1.05. The molecule has 3 aromatic rings. The summed E-state index contributed by atoms with van der Waals surface area (Å²) in [5.41, 5.74) is 9.41. The minimum atomic E-state index is 0.696. The van der Waals surface area contributed by atoms with Crippen LogP contribution in [0.1, 0.15) is 0 Å². The van der Waals surface area contributed by atoms with Crippen molar-refractivity contribution in [3.8, 4) is 11.4 Å². The summed E-state index contributed by atoms with van der Waals surface area (Å²) in [5, 5.41) is 0. The second-order valence-electron chi connectivity index (χ2n) is 3.84. The lowest BCUT2D eigenvalue weighted by Gasteiger charge is -1.95. The molecule has 0 aliphatic heterocycles. The number of nitrogens with two attached hydrogens (primary N) is 1. The molecule has 0 bridgehead atoms. The van der Waals surface area contributed by atoms with Crippen LogP contribution in [0.4, 0.5) is 5.69 Å². The maximum atomic E-state index is 5.88. The number of nitrogens with one attached hydrogen (secondary N) is 1. The second-order valence-corrected chi connectivity index (χ2v) is 4.75. The van der Waals surface area contributed by atoms with Crippen molar-refractivity contribution in [1.82, 2.24) is 9.97 Å². The van der Waals surface area contributed by atoms with Crippen LogP contribution in [-0.4, -0.2) is 9.97 Å². The van der Waals surface area contributed by atoms with Crippen LogP contribution in [0.25, 0.3) is 22.4 Å². The monoisotopic (exact) mass is 287 g/mol. The van der Waals surface area contributed by atoms with E-state index in [1.54, 1.807) is 0 Å². The quantitative estimate of drug-likeness (QED) is 0.672. The number of rotatable bonds is 1. The van der Waals surface area contributed by atoms with Gasteiger partial charge < -0.3 is 10.7 Å². The van der Waals surface area contributed by atoms with E-state index in [-0.39, 0.29) is 0 Å². The molecular formula is C13H10BrN3. The first-order chi connectivity index (χ1) is 8.24. The molecule has 0 radical (unpaired) electrons. The first-order valence-corrected chi connectivity index (χ1v) is 6.03. The SMILES string of the molecule is Nc1cccc2[nH]c(-c3ccc(Br)cc3)nc12. The third-order valence-corrected chi connectivity index (χ3v) is 3.19. The fraction of sp³-hybridized carbons (Fsp3) is 0. The fourth-order valence-corrected chi connectivity index (χ4v) is 2.06. The minimum Gasteiger partial charge on any atom is -0.397 e. The molecule has 17 heavy (non-hydrogen) atoms. The van der Waals surface area contributed by atoms with Gasteiger partial charge in [0.05, 0.1) is 11.2 Å². The smallest absolute Gasteiger partial charge is 0.138 e. The number of halogens is 1. The molecule has 0 fully saturated rings. The van der Waals surface area contributed by atoms with Crippen molar-refractivity contribution in [2.45, 2.75) is 0 Å². The standard InChI is InChI=1S/C13H10BrN3/c14-9-6-4-8(5-7-9)13-16-11-3-1-2-10(15)12(11)17-13/h1-7H,15H2,(H,16,17). The lowest BCUT2D eigenvalue weighted by Crippen LogP contribution is -1.85. The number of hydrogen-bond donors (Lipinski definition) is 2. The third-order valence-electron chi connectivity index (χ3n) is 2.66. The Bertz CT molecular complexity index is 671. The summed E-state index contributed by atoms with van der Waals surface area (Å²) in [6.07, 6.45) is 0. The molecule has 0 atom stereocenters. The number of benzene rings is 2. The molecule has 2 aromatic carbocycles. The number of nitrogen functional groups attached to an aromatic ring is 1. The lowest BCUT2D eigenvalue weighted by molar-refractivity contribution is 1.33. The number of aromatic nitrogens is 2. The van der Waals surface area contributed by atoms with Crippen LogP contribution in [0.2, 0.25) is 0 Å².